The molecule has 2 aromatic heterocycles. The normalized spacial score (nSPS) is 11.7. The Morgan fingerprint density at radius 3 is 2.50 bits per heavy atom. The van der Waals surface area contributed by atoms with Crippen molar-refractivity contribution >= 4 is 5.82 Å². The summed E-state index contributed by atoms with van der Waals surface area (Å²) < 4.78 is 46.0. The Morgan fingerprint density at radius 2 is 1.75 bits per heavy atom. The third-order valence-corrected chi connectivity index (χ3v) is 4.16. The van der Waals surface area contributed by atoms with Gasteiger partial charge in [-0.25, -0.2) is 0 Å². The van der Waals surface area contributed by atoms with Crippen molar-refractivity contribution < 1.29 is 17.7 Å². The number of rotatable bonds is 3. The predicted molar refractivity (Wildman–Crippen MR) is 94.2 cm³/mol. The van der Waals surface area contributed by atoms with Gasteiger partial charge in [-0.1, -0.05) is 46.8 Å². The van der Waals surface area contributed by atoms with Crippen LogP contribution in [0.4, 0.5) is 19.0 Å². The van der Waals surface area contributed by atoms with E-state index >= 15 is 0 Å². The maximum absolute atomic E-state index is 13.3. The third kappa shape index (κ3) is 2.98. The van der Waals surface area contributed by atoms with E-state index in [2.05, 4.69) is 20.5 Å². The van der Waals surface area contributed by atoms with E-state index in [-0.39, 0.29) is 23.1 Å². The minimum absolute atomic E-state index is 0.00399. The lowest BCUT2D eigenvalue weighted by Gasteiger charge is -2.12. The quantitative estimate of drug-likeness (QED) is 0.574. The SMILES string of the molecule is Cc1ccccc1-c1noc(-c2nnn(-c3ccccc3C(F)(F)F)c2N)n1. The second kappa shape index (κ2) is 6.48. The highest BCUT2D eigenvalue weighted by Crippen LogP contribution is 2.35. The molecule has 0 aliphatic heterocycles. The van der Waals surface area contributed by atoms with Gasteiger partial charge in [0.25, 0.3) is 5.89 Å². The standard InChI is InChI=1S/C18H13F3N6O/c1-10-6-2-3-7-11(10)16-23-17(28-25-16)14-15(22)27(26-24-14)13-9-5-4-8-12(13)18(19,20)21/h2-9H,22H2,1H3. The molecule has 4 aromatic rings. The van der Waals surface area contributed by atoms with Gasteiger partial charge in [-0.05, 0) is 24.6 Å². The van der Waals surface area contributed by atoms with Gasteiger partial charge in [0, 0.05) is 5.56 Å². The number of alkyl halides is 3. The number of aryl methyl sites for hydroxylation is 1. The Morgan fingerprint density at radius 1 is 1.04 bits per heavy atom. The minimum Gasteiger partial charge on any atom is -0.382 e. The number of para-hydroxylation sites is 1. The summed E-state index contributed by atoms with van der Waals surface area (Å²) in [6.45, 7) is 1.89. The second-order valence-electron chi connectivity index (χ2n) is 5.99. The van der Waals surface area contributed by atoms with Gasteiger partial charge in [0.2, 0.25) is 5.82 Å². The zero-order chi connectivity index (χ0) is 19.9. The number of aromatic nitrogens is 5. The van der Waals surface area contributed by atoms with Gasteiger partial charge in [0.1, 0.15) is 0 Å². The van der Waals surface area contributed by atoms with Crippen LogP contribution in [0, 0.1) is 6.92 Å². The van der Waals surface area contributed by atoms with E-state index < -0.39 is 11.7 Å². The molecular formula is C18H13F3N6O. The van der Waals surface area contributed by atoms with Gasteiger partial charge in [-0.2, -0.15) is 22.8 Å². The van der Waals surface area contributed by atoms with E-state index in [0.717, 1.165) is 21.9 Å². The molecule has 7 nitrogen and oxygen atoms in total. The summed E-state index contributed by atoms with van der Waals surface area (Å²) in [6, 6.07) is 12.4. The van der Waals surface area contributed by atoms with Gasteiger partial charge in [-0.3, -0.25) is 0 Å². The Labute approximate surface area is 156 Å². The van der Waals surface area contributed by atoms with Crippen LogP contribution in [0.1, 0.15) is 11.1 Å². The fraction of sp³-hybridized carbons (Fsp3) is 0.111. The van der Waals surface area contributed by atoms with Crippen molar-refractivity contribution in [3.8, 4) is 28.7 Å². The van der Waals surface area contributed by atoms with Crippen LogP contribution in [0.5, 0.6) is 0 Å². The molecule has 0 fully saturated rings. The van der Waals surface area contributed by atoms with E-state index in [1.807, 2.05) is 31.2 Å². The molecule has 4 rings (SSSR count). The first-order valence-electron chi connectivity index (χ1n) is 8.14. The summed E-state index contributed by atoms with van der Waals surface area (Å²) in [4.78, 5) is 4.25. The molecule has 0 saturated carbocycles. The fourth-order valence-electron chi connectivity index (χ4n) is 2.77. The Kier molecular flexibility index (Phi) is 4.10. The van der Waals surface area contributed by atoms with Crippen molar-refractivity contribution in [1.29, 1.82) is 0 Å². The number of halogens is 3. The average Bonchev–Trinajstić information content (AvgIpc) is 3.28. The van der Waals surface area contributed by atoms with E-state index in [9.17, 15) is 13.2 Å². The number of nitrogens with zero attached hydrogens (tertiary/aromatic N) is 5. The molecular weight excluding hydrogens is 373 g/mol. The molecule has 0 radical (unpaired) electrons. The van der Waals surface area contributed by atoms with Crippen molar-refractivity contribution in [2.24, 2.45) is 0 Å². The van der Waals surface area contributed by atoms with E-state index in [1.165, 1.54) is 18.2 Å². The molecule has 10 heteroatoms. The largest absolute Gasteiger partial charge is 0.418 e. The van der Waals surface area contributed by atoms with Crippen LogP contribution in [0.2, 0.25) is 0 Å². The Hall–Kier alpha value is -3.69. The summed E-state index contributed by atoms with van der Waals surface area (Å²) in [7, 11) is 0. The van der Waals surface area contributed by atoms with Crippen LogP contribution >= 0.6 is 0 Å². The molecule has 2 heterocycles. The van der Waals surface area contributed by atoms with Crippen molar-refractivity contribution in [3.63, 3.8) is 0 Å². The molecule has 0 aliphatic rings. The molecule has 0 aliphatic carbocycles. The fourth-order valence-corrected chi connectivity index (χ4v) is 2.77. The monoisotopic (exact) mass is 386 g/mol. The second-order valence-corrected chi connectivity index (χ2v) is 5.99. The van der Waals surface area contributed by atoms with Gasteiger partial charge in [0.15, 0.2) is 11.5 Å². The number of hydrogen-bond acceptors (Lipinski definition) is 6. The topological polar surface area (TPSA) is 95.7 Å². The van der Waals surface area contributed by atoms with E-state index in [0.29, 0.717) is 5.82 Å². The molecule has 28 heavy (non-hydrogen) atoms. The Bertz CT molecular complexity index is 1150. The lowest BCUT2D eigenvalue weighted by molar-refractivity contribution is -0.137. The van der Waals surface area contributed by atoms with Gasteiger partial charge >= 0.3 is 6.18 Å². The summed E-state index contributed by atoms with van der Waals surface area (Å²) in [5.74, 6) is 0.140. The number of benzene rings is 2. The van der Waals surface area contributed by atoms with Crippen LogP contribution in [0.25, 0.3) is 28.7 Å². The number of nitrogen functional groups attached to an aromatic ring is 1. The zero-order valence-corrected chi connectivity index (χ0v) is 14.5. The molecule has 0 saturated heterocycles. The van der Waals surface area contributed by atoms with Crippen molar-refractivity contribution in [2.45, 2.75) is 13.1 Å². The molecule has 0 amide bonds. The molecule has 0 bridgehead atoms. The lowest BCUT2D eigenvalue weighted by Crippen LogP contribution is -2.12. The highest BCUT2D eigenvalue weighted by Gasteiger charge is 2.35. The predicted octanol–water partition coefficient (Wildman–Crippen LogP) is 3.89. The molecule has 0 atom stereocenters. The lowest BCUT2D eigenvalue weighted by atomic mass is 10.1. The van der Waals surface area contributed by atoms with Gasteiger partial charge in [-0.15, -0.1) is 5.10 Å². The average molecular weight is 386 g/mol. The molecule has 0 unspecified atom stereocenters. The first-order valence-corrected chi connectivity index (χ1v) is 8.14. The minimum atomic E-state index is -4.57. The summed E-state index contributed by atoms with van der Waals surface area (Å²) in [6.07, 6.45) is -4.57. The number of anilines is 1. The third-order valence-electron chi connectivity index (χ3n) is 4.16. The molecule has 2 N–H and O–H groups in total. The molecule has 0 spiro atoms. The van der Waals surface area contributed by atoms with Crippen molar-refractivity contribution in [1.82, 2.24) is 25.1 Å². The zero-order valence-electron chi connectivity index (χ0n) is 14.5. The number of nitrogens with two attached hydrogens (primary N) is 1. The highest BCUT2D eigenvalue weighted by atomic mass is 19.4. The first-order chi connectivity index (χ1) is 13.4. The molecule has 142 valence electrons. The van der Waals surface area contributed by atoms with Crippen LogP contribution in [0.3, 0.4) is 0 Å². The van der Waals surface area contributed by atoms with Crippen LogP contribution in [-0.2, 0) is 6.18 Å². The summed E-state index contributed by atoms with van der Waals surface area (Å²) >= 11 is 0. The Balaban J connectivity index is 1.77. The van der Waals surface area contributed by atoms with Gasteiger partial charge in [0.05, 0.1) is 11.3 Å². The smallest absolute Gasteiger partial charge is 0.382 e. The highest BCUT2D eigenvalue weighted by molar-refractivity contribution is 5.67. The summed E-state index contributed by atoms with van der Waals surface area (Å²) in [5, 5.41) is 11.5. The molecule has 2 aromatic carbocycles. The van der Waals surface area contributed by atoms with Crippen LogP contribution in [0.15, 0.2) is 53.1 Å². The van der Waals surface area contributed by atoms with Crippen LogP contribution in [-0.4, -0.2) is 25.1 Å². The maximum Gasteiger partial charge on any atom is 0.418 e. The van der Waals surface area contributed by atoms with E-state index in [1.54, 1.807) is 0 Å². The van der Waals surface area contributed by atoms with Crippen molar-refractivity contribution in [3.05, 3.63) is 59.7 Å². The van der Waals surface area contributed by atoms with E-state index in [4.69, 9.17) is 10.3 Å². The van der Waals surface area contributed by atoms with Crippen LogP contribution < -0.4 is 5.73 Å². The maximum atomic E-state index is 13.3. The van der Waals surface area contributed by atoms with Gasteiger partial charge < -0.3 is 10.3 Å². The first kappa shape index (κ1) is 17.7. The summed E-state index contributed by atoms with van der Waals surface area (Å²) in [5.41, 5.74) is 6.56. The number of hydrogen-bond donors (Lipinski definition) is 1. The van der Waals surface area contributed by atoms with Crippen molar-refractivity contribution in [2.75, 3.05) is 5.73 Å².